The van der Waals surface area contributed by atoms with Gasteiger partial charge in [-0.3, -0.25) is 13.9 Å². The number of hydrogen-bond donors (Lipinski definition) is 1. The first-order valence-corrected chi connectivity index (χ1v) is 15.5. The smallest absolute Gasteiger partial charge is 0.242 e. The molecule has 0 bridgehead atoms. The van der Waals surface area contributed by atoms with Gasteiger partial charge in [-0.2, -0.15) is 0 Å². The third-order valence-corrected chi connectivity index (χ3v) is 8.56. The van der Waals surface area contributed by atoms with Gasteiger partial charge in [-0.1, -0.05) is 49.6 Å². The molecule has 0 radical (unpaired) electrons. The van der Waals surface area contributed by atoms with E-state index < -0.39 is 16.1 Å². The lowest BCUT2D eigenvalue weighted by Crippen LogP contribution is -2.50. The van der Waals surface area contributed by atoms with E-state index in [1.54, 1.807) is 11.8 Å². The number of anilines is 1. The number of carbonyl (C=O) groups excluding carboxylic acids is 2. The van der Waals surface area contributed by atoms with Crippen LogP contribution in [0.15, 0.2) is 42.5 Å². The van der Waals surface area contributed by atoms with E-state index in [2.05, 4.69) is 5.32 Å². The number of nitrogens with zero attached hydrogens (tertiary/aromatic N) is 2. The first-order chi connectivity index (χ1) is 18.0. The molecule has 0 saturated heterocycles. The highest BCUT2D eigenvalue weighted by Gasteiger charge is 2.28. The van der Waals surface area contributed by atoms with Crippen molar-refractivity contribution in [3.63, 3.8) is 0 Å². The molecular formula is C30H43N3O4S. The second-order valence-corrected chi connectivity index (χ2v) is 12.7. The Hall–Kier alpha value is -2.87. The fraction of sp³-hybridized carbons (Fsp3) is 0.533. The van der Waals surface area contributed by atoms with Crippen molar-refractivity contribution in [1.82, 2.24) is 10.2 Å². The molecule has 7 nitrogen and oxygen atoms in total. The summed E-state index contributed by atoms with van der Waals surface area (Å²) in [6, 6.07) is 13.1. The Morgan fingerprint density at radius 2 is 1.63 bits per heavy atom. The molecule has 1 fully saturated rings. The summed E-state index contributed by atoms with van der Waals surface area (Å²) in [6.07, 6.45) is 7.06. The number of benzene rings is 2. The van der Waals surface area contributed by atoms with E-state index in [4.69, 9.17) is 0 Å². The number of sulfonamides is 1. The fourth-order valence-corrected chi connectivity index (χ4v) is 6.17. The summed E-state index contributed by atoms with van der Waals surface area (Å²) in [5.41, 5.74) is 4.61. The summed E-state index contributed by atoms with van der Waals surface area (Å²) in [5, 5.41) is 3.16. The van der Waals surface area contributed by atoms with Crippen LogP contribution in [-0.4, -0.2) is 50.0 Å². The molecule has 1 unspecified atom stereocenters. The molecule has 8 heteroatoms. The second-order valence-electron chi connectivity index (χ2n) is 10.8. The summed E-state index contributed by atoms with van der Waals surface area (Å²) in [7, 11) is -3.53. The zero-order chi connectivity index (χ0) is 27.9. The summed E-state index contributed by atoms with van der Waals surface area (Å²) < 4.78 is 26.6. The minimum atomic E-state index is -3.53. The molecule has 1 saturated carbocycles. The zero-order valence-electron chi connectivity index (χ0n) is 23.5. The van der Waals surface area contributed by atoms with Gasteiger partial charge < -0.3 is 10.2 Å². The Bertz CT molecular complexity index is 1200. The molecule has 2 aromatic carbocycles. The molecule has 0 aliphatic heterocycles. The number of rotatable bonds is 11. The number of nitrogens with one attached hydrogen (secondary N) is 1. The van der Waals surface area contributed by atoms with Crippen molar-refractivity contribution >= 4 is 27.5 Å². The monoisotopic (exact) mass is 541 g/mol. The van der Waals surface area contributed by atoms with E-state index in [9.17, 15) is 18.0 Å². The number of hydrogen-bond acceptors (Lipinski definition) is 4. The first kappa shape index (κ1) is 29.7. The van der Waals surface area contributed by atoms with Gasteiger partial charge in [-0.15, -0.1) is 0 Å². The van der Waals surface area contributed by atoms with Crippen LogP contribution in [0.1, 0.15) is 74.1 Å². The van der Waals surface area contributed by atoms with Gasteiger partial charge in [-0.05, 0) is 81.3 Å². The van der Waals surface area contributed by atoms with Crippen LogP contribution in [0.25, 0.3) is 0 Å². The highest BCUT2D eigenvalue weighted by Crippen LogP contribution is 2.23. The predicted octanol–water partition coefficient (Wildman–Crippen LogP) is 5.02. The van der Waals surface area contributed by atoms with Gasteiger partial charge in [0.1, 0.15) is 6.04 Å². The van der Waals surface area contributed by atoms with Crippen molar-refractivity contribution in [1.29, 1.82) is 0 Å². The van der Waals surface area contributed by atoms with E-state index >= 15 is 0 Å². The normalized spacial score (nSPS) is 15.1. The zero-order valence-corrected chi connectivity index (χ0v) is 24.3. The molecule has 2 aromatic rings. The average Bonchev–Trinajstić information content (AvgIpc) is 2.84. The van der Waals surface area contributed by atoms with Crippen molar-refractivity contribution in [3.8, 4) is 0 Å². The molecule has 208 valence electrons. The van der Waals surface area contributed by atoms with Crippen molar-refractivity contribution in [2.24, 2.45) is 0 Å². The highest BCUT2D eigenvalue weighted by atomic mass is 32.2. The Morgan fingerprint density at radius 3 is 2.24 bits per heavy atom. The SMILES string of the molecule is Cc1cc(C)cc(N(CCCC(=O)N(Cc2ccccc2C)C(C)C(=O)NC2CCCCC2)S(C)(=O)=O)c1. The second kappa shape index (κ2) is 13.3. The molecule has 0 heterocycles. The number of amides is 2. The van der Waals surface area contributed by atoms with Crippen LogP contribution >= 0.6 is 0 Å². The molecule has 2 amide bonds. The summed E-state index contributed by atoms with van der Waals surface area (Å²) in [6.45, 7) is 8.17. The van der Waals surface area contributed by atoms with Crippen molar-refractivity contribution < 1.29 is 18.0 Å². The molecule has 1 aliphatic rings. The lowest BCUT2D eigenvalue weighted by atomic mass is 9.95. The van der Waals surface area contributed by atoms with Crippen LogP contribution in [0.2, 0.25) is 0 Å². The van der Waals surface area contributed by atoms with Crippen molar-refractivity contribution in [2.45, 2.75) is 91.3 Å². The maximum absolute atomic E-state index is 13.6. The minimum absolute atomic E-state index is 0.133. The lowest BCUT2D eigenvalue weighted by molar-refractivity contribution is -0.141. The largest absolute Gasteiger partial charge is 0.352 e. The van der Waals surface area contributed by atoms with Gasteiger partial charge in [0.25, 0.3) is 0 Å². The maximum atomic E-state index is 13.6. The molecule has 0 spiro atoms. The van der Waals surface area contributed by atoms with E-state index in [0.717, 1.165) is 47.9 Å². The quantitative estimate of drug-likeness (QED) is 0.433. The topological polar surface area (TPSA) is 86.8 Å². The number of carbonyl (C=O) groups is 2. The van der Waals surface area contributed by atoms with Gasteiger partial charge in [0.2, 0.25) is 21.8 Å². The van der Waals surface area contributed by atoms with Crippen LogP contribution in [0.3, 0.4) is 0 Å². The van der Waals surface area contributed by atoms with E-state index in [-0.39, 0.29) is 30.8 Å². The molecule has 1 atom stereocenters. The molecule has 38 heavy (non-hydrogen) atoms. The predicted molar refractivity (Wildman–Crippen MR) is 154 cm³/mol. The van der Waals surface area contributed by atoms with Gasteiger partial charge in [-0.25, -0.2) is 8.42 Å². The van der Waals surface area contributed by atoms with Crippen LogP contribution in [0.4, 0.5) is 5.69 Å². The van der Waals surface area contributed by atoms with Crippen molar-refractivity contribution in [2.75, 3.05) is 17.1 Å². The van der Waals surface area contributed by atoms with Crippen LogP contribution in [0, 0.1) is 20.8 Å². The third-order valence-electron chi connectivity index (χ3n) is 7.37. The van der Waals surface area contributed by atoms with Gasteiger partial charge >= 0.3 is 0 Å². The standard InChI is InChI=1S/C30H43N3O4S/c1-22-18-23(2)20-28(19-22)33(38(5,36)37)17-11-16-29(34)32(21-26-13-10-9-12-24(26)3)25(4)30(35)31-27-14-7-6-8-15-27/h9-10,12-13,18-20,25,27H,6-8,11,14-17,21H2,1-5H3,(H,31,35). The van der Waals surface area contributed by atoms with E-state index in [0.29, 0.717) is 18.7 Å². The highest BCUT2D eigenvalue weighted by molar-refractivity contribution is 7.92. The summed E-state index contributed by atoms with van der Waals surface area (Å²) >= 11 is 0. The molecule has 1 N–H and O–H groups in total. The molecular weight excluding hydrogens is 498 g/mol. The Balaban J connectivity index is 1.74. The Labute approximate surface area is 228 Å². The van der Waals surface area contributed by atoms with Gasteiger partial charge in [0.15, 0.2) is 0 Å². The Kier molecular flexibility index (Phi) is 10.4. The summed E-state index contributed by atoms with van der Waals surface area (Å²) in [4.78, 5) is 28.4. The molecule has 0 aromatic heterocycles. The van der Waals surface area contributed by atoms with Gasteiger partial charge in [0, 0.05) is 25.6 Å². The molecule has 3 rings (SSSR count). The van der Waals surface area contributed by atoms with E-state index in [1.807, 2.05) is 63.2 Å². The van der Waals surface area contributed by atoms with E-state index in [1.165, 1.54) is 17.0 Å². The van der Waals surface area contributed by atoms with Crippen LogP contribution in [-0.2, 0) is 26.2 Å². The lowest BCUT2D eigenvalue weighted by Gasteiger charge is -2.32. The number of aryl methyl sites for hydroxylation is 3. The van der Waals surface area contributed by atoms with Crippen molar-refractivity contribution in [3.05, 3.63) is 64.7 Å². The molecule has 1 aliphatic carbocycles. The first-order valence-electron chi connectivity index (χ1n) is 13.7. The average molecular weight is 542 g/mol. The minimum Gasteiger partial charge on any atom is -0.352 e. The summed E-state index contributed by atoms with van der Waals surface area (Å²) in [5.74, 6) is -0.291. The van der Waals surface area contributed by atoms with Crippen LogP contribution in [0.5, 0.6) is 0 Å². The Morgan fingerprint density at radius 1 is 1.00 bits per heavy atom. The third kappa shape index (κ3) is 8.32. The van der Waals surface area contributed by atoms with Gasteiger partial charge in [0.05, 0.1) is 11.9 Å². The maximum Gasteiger partial charge on any atom is 0.242 e. The van der Waals surface area contributed by atoms with Crippen LogP contribution < -0.4 is 9.62 Å². The fourth-order valence-electron chi connectivity index (χ4n) is 5.22.